The number of ether oxygens (including phenoxy) is 1. The van der Waals surface area contributed by atoms with Crippen LogP contribution in [0.5, 0.6) is 5.75 Å². The van der Waals surface area contributed by atoms with Crippen molar-refractivity contribution in [2.75, 3.05) is 6.61 Å². The molecule has 8 heteroatoms. The number of amides is 1. The quantitative estimate of drug-likeness (QED) is 0.265. The molecule has 3 aromatic rings. The van der Waals surface area contributed by atoms with Gasteiger partial charge in [-0.3, -0.25) is 4.79 Å². The number of hydrazone groups is 1. The van der Waals surface area contributed by atoms with Crippen molar-refractivity contribution in [1.29, 1.82) is 0 Å². The number of hydrogen-bond donors (Lipinski definition) is 1. The monoisotopic (exact) mass is 477 g/mol. The van der Waals surface area contributed by atoms with E-state index < -0.39 is 0 Å². The lowest BCUT2D eigenvalue weighted by Crippen LogP contribution is -2.26. The van der Waals surface area contributed by atoms with Crippen LogP contribution < -0.4 is 10.2 Å². The molecule has 1 atom stereocenters. The van der Waals surface area contributed by atoms with Gasteiger partial charge in [0.15, 0.2) is 4.34 Å². The fourth-order valence-corrected chi connectivity index (χ4v) is 4.91. The van der Waals surface area contributed by atoms with E-state index in [4.69, 9.17) is 4.74 Å². The standard InChI is InChI=1S/C20H20BrN3O2S2/c1-3-10-26-17-9-8-15(21)11-14(17)12-22-24-19(25)13(2)27-20-23-16-6-4-5-7-18(16)28-20/h4-9,11-13H,3,10H2,1-2H3,(H,24,25)/b22-12-/t13-/m1/s1. The summed E-state index contributed by atoms with van der Waals surface area (Å²) in [5.41, 5.74) is 4.36. The molecule has 146 valence electrons. The lowest BCUT2D eigenvalue weighted by Gasteiger charge is -2.09. The summed E-state index contributed by atoms with van der Waals surface area (Å²) in [5.74, 6) is 0.562. The second-order valence-electron chi connectivity index (χ2n) is 5.97. The Labute approximate surface area is 180 Å². The zero-order valence-corrected chi connectivity index (χ0v) is 18.7. The minimum atomic E-state index is -0.309. The van der Waals surface area contributed by atoms with Gasteiger partial charge < -0.3 is 4.74 Å². The smallest absolute Gasteiger partial charge is 0.253 e. The van der Waals surface area contributed by atoms with Crippen LogP contribution in [0.2, 0.25) is 0 Å². The molecule has 0 saturated carbocycles. The number of thioether (sulfide) groups is 1. The van der Waals surface area contributed by atoms with Crippen molar-refractivity contribution in [3.63, 3.8) is 0 Å². The van der Waals surface area contributed by atoms with Crippen molar-refractivity contribution in [3.05, 3.63) is 52.5 Å². The molecule has 0 spiro atoms. The molecule has 1 aromatic heterocycles. The molecule has 28 heavy (non-hydrogen) atoms. The molecule has 0 fully saturated rings. The van der Waals surface area contributed by atoms with E-state index in [1.54, 1.807) is 17.6 Å². The number of thiazole rings is 1. The summed E-state index contributed by atoms with van der Waals surface area (Å²) in [6.45, 7) is 4.53. The first-order chi connectivity index (χ1) is 13.6. The number of para-hydroxylation sites is 1. The van der Waals surface area contributed by atoms with E-state index in [0.717, 1.165) is 36.8 Å². The number of carbonyl (C=O) groups excluding carboxylic acids is 1. The van der Waals surface area contributed by atoms with Crippen molar-refractivity contribution < 1.29 is 9.53 Å². The molecule has 0 bridgehead atoms. The van der Waals surface area contributed by atoms with Crippen molar-refractivity contribution in [1.82, 2.24) is 10.4 Å². The van der Waals surface area contributed by atoms with Crippen LogP contribution in [0.4, 0.5) is 0 Å². The Kier molecular flexibility index (Phi) is 7.47. The lowest BCUT2D eigenvalue weighted by atomic mass is 10.2. The van der Waals surface area contributed by atoms with Crippen molar-refractivity contribution in [2.24, 2.45) is 5.10 Å². The average molecular weight is 478 g/mol. The summed E-state index contributed by atoms with van der Waals surface area (Å²) in [6, 6.07) is 13.7. The highest BCUT2D eigenvalue weighted by Crippen LogP contribution is 2.31. The summed E-state index contributed by atoms with van der Waals surface area (Å²) < 4.78 is 8.62. The number of rotatable bonds is 8. The number of aromatic nitrogens is 1. The molecule has 1 N–H and O–H groups in total. The molecule has 1 amide bonds. The summed E-state index contributed by atoms with van der Waals surface area (Å²) in [7, 11) is 0. The SMILES string of the molecule is CCCOc1ccc(Br)cc1/C=N\NC(=O)[C@@H](C)Sc1nc2ccccc2s1. The number of fused-ring (bicyclic) bond motifs is 1. The van der Waals surface area contributed by atoms with E-state index in [9.17, 15) is 4.79 Å². The van der Waals surface area contributed by atoms with E-state index in [1.807, 2.05) is 49.4 Å². The molecular weight excluding hydrogens is 458 g/mol. The van der Waals surface area contributed by atoms with Crippen LogP contribution in [-0.4, -0.2) is 29.0 Å². The Morgan fingerprint density at radius 3 is 3.00 bits per heavy atom. The van der Waals surface area contributed by atoms with Crippen LogP contribution in [0.15, 0.2) is 56.4 Å². The number of hydrogen-bond acceptors (Lipinski definition) is 6. The predicted molar refractivity (Wildman–Crippen MR) is 121 cm³/mol. The minimum absolute atomic E-state index is 0.175. The highest BCUT2D eigenvalue weighted by atomic mass is 79.9. The summed E-state index contributed by atoms with van der Waals surface area (Å²) in [5, 5.41) is 3.79. The van der Waals surface area contributed by atoms with E-state index in [0.29, 0.717) is 6.61 Å². The van der Waals surface area contributed by atoms with Gasteiger partial charge in [-0.25, -0.2) is 10.4 Å². The van der Waals surface area contributed by atoms with Gasteiger partial charge in [-0.2, -0.15) is 5.10 Å². The van der Waals surface area contributed by atoms with Gasteiger partial charge in [-0.05, 0) is 43.7 Å². The van der Waals surface area contributed by atoms with Crippen LogP contribution in [0, 0.1) is 0 Å². The number of carbonyl (C=O) groups is 1. The molecule has 0 saturated heterocycles. The number of nitrogens with one attached hydrogen (secondary N) is 1. The molecule has 3 rings (SSSR count). The molecular formula is C20H20BrN3O2S2. The minimum Gasteiger partial charge on any atom is -0.493 e. The van der Waals surface area contributed by atoms with E-state index in [2.05, 4.69) is 38.4 Å². The molecule has 0 radical (unpaired) electrons. The van der Waals surface area contributed by atoms with Gasteiger partial charge in [0.2, 0.25) is 0 Å². The molecule has 1 heterocycles. The third kappa shape index (κ3) is 5.56. The van der Waals surface area contributed by atoms with Crippen LogP contribution in [0.3, 0.4) is 0 Å². The summed E-state index contributed by atoms with van der Waals surface area (Å²) in [6.07, 6.45) is 2.52. The average Bonchev–Trinajstić information content (AvgIpc) is 3.09. The maximum Gasteiger partial charge on any atom is 0.253 e. The molecule has 5 nitrogen and oxygen atoms in total. The predicted octanol–water partition coefficient (Wildman–Crippen LogP) is 5.48. The Balaban J connectivity index is 1.60. The number of nitrogens with zero attached hydrogens (tertiary/aromatic N) is 2. The Hall–Kier alpha value is -1.90. The van der Waals surface area contributed by atoms with Gasteiger partial charge in [-0.15, -0.1) is 11.3 Å². The maximum absolute atomic E-state index is 12.4. The normalized spacial score (nSPS) is 12.4. The van der Waals surface area contributed by atoms with E-state index in [1.165, 1.54) is 11.8 Å². The van der Waals surface area contributed by atoms with E-state index in [-0.39, 0.29) is 11.2 Å². The van der Waals surface area contributed by atoms with Gasteiger partial charge >= 0.3 is 0 Å². The Morgan fingerprint density at radius 1 is 1.39 bits per heavy atom. The van der Waals surface area contributed by atoms with Gasteiger partial charge in [0, 0.05) is 10.0 Å². The van der Waals surface area contributed by atoms with Gasteiger partial charge in [-0.1, -0.05) is 46.7 Å². The van der Waals surface area contributed by atoms with Crippen molar-refractivity contribution in [2.45, 2.75) is 29.9 Å². The largest absolute Gasteiger partial charge is 0.493 e. The molecule has 0 aliphatic carbocycles. The number of benzene rings is 2. The highest BCUT2D eigenvalue weighted by molar-refractivity contribution is 9.10. The topological polar surface area (TPSA) is 63.6 Å². The molecule has 0 aliphatic rings. The summed E-state index contributed by atoms with van der Waals surface area (Å²) >= 11 is 6.46. The van der Waals surface area contributed by atoms with Crippen LogP contribution >= 0.6 is 39.0 Å². The summed E-state index contributed by atoms with van der Waals surface area (Å²) in [4.78, 5) is 16.9. The second-order valence-corrected chi connectivity index (χ2v) is 9.51. The van der Waals surface area contributed by atoms with Crippen LogP contribution in [0.1, 0.15) is 25.8 Å². The maximum atomic E-state index is 12.4. The second kappa shape index (κ2) is 10.0. The lowest BCUT2D eigenvalue weighted by molar-refractivity contribution is -0.120. The van der Waals surface area contributed by atoms with Crippen molar-refractivity contribution >= 4 is 61.4 Å². The van der Waals surface area contributed by atoms with Crippen LogP contribution in [-0.2, 0) is 4.79 Å². The highest BCUT2D eigenvalue weighted by Gasteiger charge is 2.16. The van der Waals surface area contributed by atoms with Crippen molar-refractivity contribution in [3.8, 4) is 5.75 Å². The van der Waals surface area contributed by atoms with Gasteiger partial charge in [0.1, 0.15) is 5.75 Å². The fourth-order valence-electron chi connectivity index (χ4n) is 2.33. The zero-order valence-electron chi connectivity index (χ0n) is 15.5. The first-order valence-corrected chi connectivity index (χ1v) is 11.3. The first-order valence-electron chi connectivity index (χ1n) is 8.84. The molecule has 2 aromatic carbocycles. The Bertz CT molecular complexity index is 957. The molecule has 0 unspecified atom stereocenters. The number of halogens is 1. The van der Waals surface area contributed by atoms with E-state index >= 15 is 0 Å². The Morgan fingerprint density at radius 2 is 2.21 bits per heavy atom. The fraction of sp³-hybridized carbons (Fsp3) is 0.250. The molecule has 0 aliphatic heterocycles. The van der Waals surface area contributed by atoms with Gasteiger partial charge in [0.05, 0.1) is 28.3 Å². The third-order valence-electron chi connectivity index (χ3n) is 3.73. The first kappa shape index (κ1) is 20.8. The van der Waals surface area contributed by atoms with Crippen LogP contribution in [0.25, 0.3) is 10.2 Å². The third-order valence-corrected chi connectivity index (χ3v) is 6.46. The van der Waals surface area contributed by atoms with Gasteiger partial charge in [0.25, 0.3) is 5.91 Å². The zero-order chi connectivity index (χ0) is 19.9.